The van der Waals surface area contributed by atoms with Crippen LogP contribution in [0.2, 0.25) is 0 Å². The van der Waals surface area contributed by atoms with Crippen molar-refractivity contribution < 1.29 is 23.9 Å². The maximum atomic E-state index is 12.1. The molecule has 1 heterocycles. The van der Waals surface area contributed by atoms with E-state index in [9.17, 15) is 19.2 Å². The highest BCUT2D eigenvalue weighted by Gasteiger charge is 2.28. The van der Waals surface area contributed by atoms with E-state index in [1.54, 1.807) is 12.1 Å². The second-order valence-corrected chi connectivity index (χ2v) is 5.95. The van der Waals surface area contributed by atoms with E-state index >= 15 is 0 Å². The van der Waals surface area contributed by atoms with Crippen LogP contribution in [-0.4, -0.2) is 49.3 Å². The fourth-order valence-corrected chi connectivity index (χ4v) is 2.96. The van der Waals surface area contributed by atoms with Crippen LogP contribution in [-0.2, 0) is 19.1 Å². The summed E-state index contributed by atoms with van der Waals surface area (Å²) in [7, 11) is 1.36. The van der Waals surface area contributed by atoms with Gasteiger partial charge in [0.2, 0.25) is 5.91 Å². The molecule has 4 amide bonds. The van der Waals surface area contributed by atoms with Gasteiger partial charge in [-0.2, -0.15) is 0 Å². The van der Waals surface area contributed by atoms with Crippen molar-refractivity contribution in [1.82, 2.24) is 10.6 Å². The Morgan fingerprint density at radius 2 is 2.04 bits per heavy atom. The summed E-state index contributed by atoms with van der Waals surface area (Å²) in [6.07, 6.45) is -1.15. The number of ether oxygens (including phenoxy) is 1. The lowest BCUT2D eigenvalue weighted by Gasteiger charge is -2.28. The third-order valence-electron chi connectivity index (χ3n) is 3.24. The summed E-state index contributed by atoms with van der Waals surface area (Å²) < 4.78 is 4.99. The molecule has 0 saturated heterocycles. The van der Waals surface area contributed by atoms with Crippen LogP contribution >= 0.6 is 11.8 Å². The maximum Gasteiger partial charge on any atom is 0.326 e. The van der Waals surface area contributed by atoms with Gasteiger partial charge in [0, 0.05) is 11.9 Å². The number of imide groups is 1. The molecule has 0 aliphatic carbocycles. The van der Waals surface area contributed by atoms with Crippen LogP contribution in [0.1, 0.15) is 6.92 Å². The monoisotopic (exact) mass is 351 g/mol. The number of hydrogen-bond acceptors (Lipinski definition) is 6. The molecule has 0 saturated carbocycles. The highest BCUT2D eigenvalue weighted by molar-refractivity contribution is 8.00. The molecule has 0 bridgehead atoms. The number of nitrogens with zero attached hydrogens (tertiary/aromatic N) is 1. The van der Waals surface area contributed by atoms with Crippen molar-refractivity contribution in [2.24, 2.45) is 0 Å². The number of urea groups is 1. The van der Waals surface area contributed by atoms with Crippen molar-refractivity contribution in [3.8, 4) is 0 Å². The topological polar surface area (TPSA) is 105 Å². The van der Waals surface area contributed by atoms with Crippen molar-refractivity contribution >= 4 is 41.3 Å². The molecule has 1 aliphatic rings. The normalized spacial score (nSPS) is 14.4. The van der Waals surface area contributed by atoms with Gasteiger partial charge in [0.05, 0.1) is 11.4 Å². The Morgan fingerprint density at radius 3 is 2.75 bits per heavy atom. The molecule has 8 nitrogen and oxygen atoms in total. The van der Waals surface area contributed by atoms with Crippen LogP contribution in [0.25, 0.3) is 0 Å². The smallest absolute Gasteiger partial charge is 0.326 e. The van der Waals surface area contributed by atoms with Crippen LogP contribution in [0.15, 0.2) is 29.2 Å². The van der Waals surface area contributed by atoms with E-state index < -0.39 is 24.0 Å². The van der Waals surface area contributed by atoms with Gasteiger partial charge in [0.25, 0.3) is 5.91 Å². The molecule has 2 rings (SSSR count). The lowest BCUT2D eigenvalue weighted by molar-refractivity contribution is -0.153. The largest absolute Gasteiger partial charge is 0.451 e. The lowest BCUT2D eigenvalue weighted by atomic mass is 10.2. The summed E-state index contributed by atoms with van der Waals surface area (Å²) in [6, 6.07) is 6.54. The van der Waals surface area contributed by atoms with Gasteiger partial charge in [0.15, 0.2) is 6.10 Å². The summed E-state index contributed by atoms with van der Waals surface area (Å²) in [5.74, 6) is -1.46. The molecule has 0 fully saturated rings. The first-order valence-corrected chi connectivity index (χ1v) is 8.15. The fraction of sp³-hybridized carbons (Fsp3) is 0.333. The van der Waals surface area contributed by atoms with Crippen molar-refractivity contribution in [3.05, 3.63) is 24.3 Å². The Hall–Kier alpha value is -2.55. The zero-order chi connectivity index (χ0) is 17.7. The van der Waals surface area contributed by atoms with E-state index in [4.69, 9.17) is 4.74 Å². The number of thioether (sulfide) groups is 1. The third kappa shape index (κ3) is 4.25. The Kier molecular flexibility index (Phi) is 5.80. The van der Waals surface area contributed by atoms with E-state index in [0.717, 1.165) is 4.90 Å². The highest BCUT2D eigenvalue weighted by Crippen LogP contribution is 2.34. The minimum atomic E-state index is -1.15. The predicted octanol–water partition coefficient (Wildman–Crippen LogP) is 0.513. The number of esters is 1. The summed E-state index contributed by atoms with van der Waals surface area (Å²) in [5.41, 5.74) is 0.637. The molecule has 24 heavy (non-hydrogen) atoms. The molecule has 0 radical (unpaired) electrons. The molecule has 9 heteroatoms. The van der Waals surface area contributed by atoms with E-state index in [1.807, 2.05) is 17.4 Å². The fourth-order valence-electron chi connectivity index (χ4n) is 2.02. The van der Waals surface area contributed by atoms with Gasteiger partial charge in [-0.05, 0) is 19.1 Å². The van der Waals surface area contributed by atoms with Gasteiger partial charge >= 0.3 is 12.0 Å². The van der Waals surface area contributed by atoms with Gasteiger partial charge in [-0.3, -0.25) is 24.6 Å². The number of nitrogens with one attached hydrogen (secondary N) is 2. The predicted molar refractivity (Wildman–Crippen MR) is 87.7 cm³/mol. The Bertz CT molecular complexity index is 679. The van der Waals surface area contributed by atoms with Crippen molar-refractivity contribution in [1.29, 1.82) is 0 Å². The van der Waals surface area contributed by atoms with Gasteiger partial charge < -0.3 is 10.1 Å². The van der Waals surface area contributed by atoms with Crippen molar-refractivity contribution in [2.45, 2.75) is 17.9 Å². The number of benzene rings is 1. The number of anilines is 1. The van der Waals surface area contributed by atoms with Gasteiger partial charge in [-0.1, -0.05) is 12.1 Å². The molecule has 0 spiro atoms. The minimum absolute atomic E-state index is 0.210. The first kappa shape index (κ1) is 17.8. The third-order valence-corrected chi connectivity index (χ3v) is 4.28. The number of amides is 4. The molecule has 1 aromatic rings. The Labute approximate surface area is 142 Å². The zero-order valence-electron chi connectivity index (χ0n) is 13.2. The second-order valence-electron chi connectivity index (χ2n) is 4.94. The zero-order valence-corrected chi connectivity index (χ0v) is 14.0. The summed E-state index contributed by atoms with van der Waals surface area (Å²) in [4.78, 5) is 49.1. The number of para-hydroxylation sites is 1. The van der Waals surface area contributed by atoms with Crippen LogP contribution in [0.5, 0.6) is 0 Å². The average molecular weight is 351 g/mol. The molecule has 2 N–H and O–H groups in total. The first-order valence-electron chi connectivity index (χ1n) is 7.16. The molecule has 128 valence electrons. The molecular formula is C15H17N3O5S. The molecule has 0 aromatic heterocycles. The summed E-state index contributed by atoms with van der Waals surface area (Å²) >= 11 is 1.40. The van der Waals surface area contributed by atoms with E-state index in [-0.39, 0.29) is 18.2 Å². The van der Waals surface area contributed by atoms with E-state index in [0.29, 0.717) is 5.69 Å². The molecular weight excluding hydrogens is 334 g/mol. The van der Waals surface area contributed by atoms with E-state index in [2.05, 4.69) is 5.32 Å². The first-order chi connectivity index (χ1) is 11.4. The molecule has 1 atom stereocenters. The van der Waals surface area contributed by atoms with Crippen LogP contribution in [0.3, 0.4) is 0 Å². The van der Waals surface area contributed by atoms with Crippen molar-refractivity contribution in [3.63, 3.8) is 0 Å². The highest BCUT2D eigenvalue weighted by atomic mass is 32.2. The number of fused-ring (bicyclic) bond motifs is 1. The second kappa shape index (κ2) is 7.82. The van der Waals surface area contributed by atoms with Crippen LogP contribution in [0.4, 0.5) is 10.5 Å². The van der Waals surface area contributed by atoms with Gasteiger partial charge in [-0.25, -0.2) is 4.79 Å². The SMILES string of the molecule is CNC(=O)NC(=O)[C@H](C)OC(=O)CN1C(=O)CSc2ccccc21. The summed E-state index contributed by atoms with van der Waals surface area (Å²) in [5, 5.41) is 4.23. The summed E-state index contributed by atoms with van der Waals surface area (Å²) in [6.45, 7) is 1.05. The van der Waals surface area contributed by atoms with Crippen LogP contribution < -0.4 is 15.5 Å². The van der Waals surface area contributed by atoms with Gasteiger partial charge in [0.1, 0.15) is 6.54 Å². The lowest BCUT2D eigenvalue weighted by Crippen LogP contribution is -2.45. The maximum absolute atomic E-state index is 12.1. The Balaban J connectivity index is 1.98. The Morgan fingerprint density at radius 1 is 1.33 bits per heavy atom. The minimum Gasteiger partial charge on any atom is -0.451 e. The number of hydrogen-bond donors (Lipinski definition) is 2. The van der Waals surface area contributed by atoms with Gasteiger partial charge in [-0.15, -0.1) is 11.8 Å². The number of carbonyl (C=O) groups excluding carboxylic acids is 4. The molecule has 1 aliphatic heterocycles. The van der Waals surface area contributed by atoms with E-state index in [1.165, 1.54) is 30.6 Å². The van der Waals surface area contributed by atoms with Crippen molar-refractivity contribution in [2.75, 3.05) is 24.2 Å². The average Bonchev–Trinajstić information content (AvgIpc) is 2.57. The van der Waals surface area contributed by atoms with Crippen LogP contribution in [0, 0.1) is 0 Å². The quantitative estimate of drug-likeness (QED) is 0.766. The number of carbonyl (C=O) groups is 4. The standard InChI is InChI=1S/C15H17N3O5S/c1-9(14(21)17-15(22)16-2)23-13(20)7-18-10-5-3-4-6-11(10)24-8-12(18)19/h3-6,9H,7-8H2,1-2H3,(H2,16,17,21,22)/t9-/m0/s1. The molecule has 0 unspecified atom stereocenters. The number of rotatable bonds is 4. The molecule has 1 aromatic carbocycles.